The number of hydrogen-bond acceptors (Lipinski definition) is 4. The normalized spacial score (nSPS) is 14.4. The Morgan fingerprint density at radius 1 is 1.44 bits per heavy atom. The van der Waals surface area contributed by atoms with Gasteiger partial charge in [-0.1, -0.05) is 28.1 Å². The molecule has 96 valence electrons. The fourth-order valence-electron chi connectivity index (χ4n) is 1.50. The summed E-state index contributed by atoms with van der Waals surface area (Å²) in [6, 6.07) is 7.79. The first-order valence-electron chi connectivity index (χ1n) is 5.48. The summed E-state index contributed by atoms with van der Waals surface area (Å²) in [5.74, 6) is 1.40. The molecule has 0 saturated carbocycles. The second-order valence-electron chi connectivity index (χ2n) is 3.96. The van der Waals surface area contributed by atoms with E-state index >= 15 is 0 Å². The molecule has 1 aromatic carbocycles. The minimum atomic E-state index is -1.08. The Balaban J connectivity index is 2.08. The van der Waals surface area contributed by atoms with Crippen molar-refractivity contribution in [1.29, 1.82) is 0 Å². The lowest BCUT2D eigenvalue weighted by molar-refractivity contribution is 0.467. The van der Waals surface area contributed by atoms with E-state index in [0.717, 1.165) is 10.0 Å². The van der Waals surface area contributed by atoms with E-state index in [1.54, 1.807) is 6.92 Å². The minimum absolute atomic E-state index is 0.259. The molecule has 0 saturated heterocycles. The third kappa shape index (κ3) is 3.26. The number of aromatic nitrogens is 2. The smallest absolute Gasteiger partial charge is 0.231 e. The lowest BCUT2D eigenvalue weighted by atomic mass is 10.2. The lowest BCUT2D eigenvalue weighted by Crippen LogP contribution is -2.05. The van der Waals surface area contributed by atoms with Crippen LogP contribution in [0.5, 0.6) is 0 Å². The number of halogens is 1. The van der Waals surface area contributed by atoms with Gasteiger partial charge in [0.05, 0.1) is 0 Å². The first-order valence-corrected chi connectivity index (χ1v) is 7.65. The van der Waals surface area contributed by atoms with E-state index in [1.165, 1.54) is 0 Å². The summed E-state index contributed by atoms with van der Waals surface area (Å²) in [6.07, 6.45) is 0. The zero-order valence-electron chi connectivity index (χ0n) is 10.1. The molecule has 0 aliphatic carbocycles. The summed E-state index contributed by atoms with van der Waals surface area (Å²) in [4.78, 5) is 0. The van der Waals surface area contributed by atoms with Crippen molar-refractivity contribution in [2.75, 3.05) is 0 Å². The van der Waals surface area contributed by atoms with Gasteiger partial charge in [-0.2, -0.15) is 0 Å². The summed E-state index contributed by atoms with van der Waals surface area (Å²) in [6.45, 7) is 3.56. The van der Waals surface area contributed by atoms with Gasteiger partial charge in [0, 0.05) is 27.9 Å². The molecule has 0 spiro atoms. The molecule has 0 bridgehead atoms. The van der Waals surface area contributed by atoms with Crippen LogP contribution in [0.25, 0.3) is 0 Å². The fourth-order valence-corrected chi connectivity index (χ4v) is 3.03. The Labute approximate surface area is 116 Å². The Kier molecular flexibility index (Phi) is 4.29. The van der Waals surface area contributed by atoms with E-state index in [4.69, 9.17) is 4.42 Å². The minimum Gasteiger partial charge on any atom is -0.424 e. The molecule has 6 heteroatoms. The Morgan fingerprint density at radius 3 is 2.83 bits per heavy atom. The lowest BCUT2D eigenvalue weighted by Gasteiger charge is -2.07. The van der Waals surface area contributed by atoms with Crippen molar-refractivity contribution in [1.82, 2.24) is 10.2 Å². The molecular formula is C12H13BrN2O2S. The fraction of sp³-hybridized carbons (Fsp3) is 0.333. The maximum atomic E-state index is 12.2. The van der Waals surface area contributed by atoms with Crippen molar-refractivity contribution in [2.24, 2.45) is 0 Å². The first kappa shape index (κ1) is 13.4. The van der Waals surface area contributed by atoms with Gasteiger partial charge in [-0.05, 0) is 24.6 Å². The maximum Gasteiger partial charge on any atom is 0.231 e. The molecule has 1 aromatic heterocycles. The van der Waals surface area contributed by atoms with Crippen molar-refractivity contribution >= 4 is 26.7 Å². The number of nitrogens with zero attached hydrogens (tertiary/aromatic N) is 2. The van der Waals surface area contributed by atoms with Gasteiger partial charge in [-0.3, -0.25) is 4.21 Å². The molecule has 2 aromatic rings. The summed E-state index contributed by atoms with van der Waals surface area (Å²) in [5.41, 5.74) is 1.02. The van der Waals surface area contributed by atoms with Gasteiger partial charge < -0.3 is 4.42 Å². The van der Waals surface area contributed by atoms with E-state index in [1.807, 2.05) is 31.2 Å². The highest BCUT2D eigenvalue weighted by Crippen LogP contribution is 2.21. The van der Waals surface area contributed by atoms with Crippen LogP contribution in [0, 0.1) is 6.92 Å². The second kappa shape index (κ2) is 5.75. The molecule has 2 atom stereocenters. The second-order valence-corrected chi connectivity index (χ2v) is 6.63. The summed E-state index contributed by atoms with van der Waals surface area (Å²) in [5, 5.41) is 7.40. The zero-order valence-corrected chi connectivity index (χ0v) is 12.5. The molecule has 18 heavy (non-hydrogen) atoms. The molecule has 0 aliphatic rings. The van der Waals surface area contributed by atoms with Gasteiger partial charge in [0.25, 0.3) is 0 Å². The highest BCUT2D eigenvalue weighted by molar-refractivity contribution is 9.10. The number of aryl methyl sites for hydroxylation is 1. The molecule has 0 fully saturated rings. The molecule has 0 N–H and O–H groups in total. The SMILES string of the molecule is Cc1nnc([C@@H](C)[S@@](=O)Cc2cccc(Br)c2)o1. The van der Waals surface area contributed by atoms with Crippen LogP contribution in [0.15, 0.2) is 33.2 Å². The molecule has 0 amide bonds. The van der Waals surface area contributed by atoms with Crippen molar-refractivity contribution in [2.45, 2.75) is 24.9 Å². The van der Waals surface area contributed by atoms with Crippen LogP contribution in [0.3, 0.4) is 0 Å². The number of rotatable bonds is 4. The van der Waals surface area contributed by atoms with Crippen LogP contribution in [0.1, 0.15) is 29.5 Å². The highest BCUT2D eigenvalue weighted by Gasteiger charge is 2.19. The van der Waals surface area contributed by atoms with Crippen LogP contribution in [0.2, 0.25) is 0 Å². The highest BCUT2D eigenvalue weighted by atomic mass is 79.9. The summed E-state index contributed by atoms with van der Waals surface area (Å²) < 4.78 is 18.5. The molecule has 0 radical (unpaired) electrons. The van der Waals surface area contributed by atoms with Gasteiger partial charge in [0.2, 0.25) is 11.8 Å². The van der Waals surface area contributed by atoms with E-state index in [-0.39, 0.29) is 5.25 Å². The predicted molar refractivity (Wildman–Crippen MR) is 73.4 cm³/mol. The Hall–Kier alpha value is -1.01. The van der Waals surface area contributed by atoms with Gasteiger partial charge in [-0.25, -0.2) is 0 Å². The van der Waals surface area contributed by atoms with Crippen LogP contribution >= 0.6 is 15.9 Å². The predicted octanol–water partition coefficient (Wildman–Crippen LogP) is 3.15. The monoisotopic (exact) mass is 328 g/mol. The summed E-state index contributed by atoms with van der Waals surface area (Å²) in [7, 11) is -1.08. The topological polar surface area (TPSA) is 56.0 Å². The van der Waals surface area contributed by atoms with Crippen LogP contribution in [-0.2, 0) is 16.6 Å². The van der Waals surface area contributed by atoms with Gasteiger partial charge >= 0.3 is 0 Å². The largest absolute Gasteiger partial charge is 0.424 e. The van der Waals surface area contributed by atoms with E-state index in [2.05, 4.69) is 26.1 Å². The van der Waals surface area contributed by atoms with Crippen molar-refractivity contribution in [3.8, 4) is 0 Å². The quantitative estimate of drug-likeness (QED) is 0.865. The third-order valence-electron chi connectivity index (χ3n) is 2.48. The van der Waals surface area contributed by atoms with Crippen molar-refractivity contribution < 1.29 is 8.63 Å². The van der Waals surface area contributed by atoms with Crippen LogP contribution in [-0.4, -0.2) is 14.4 Å². The van der Waals surface area contributed by atoms with Gasteiger partial charge in [-0.15, -0.1) is 10.2 Å². The van der Waals surface area contributed by atoms with Crippen LogP contribution < -0.4 is 0 Å². The van der Waals surface area contributed by atoms with Crippen molar-refractivity contribution in [3.05, 3.63) is 46.1 Å². The first-order chi connectivity index (χ1) is 8.56. The van der Waals surface area contributed by atoms with E-state index in [0.29, 0.717) is 17.5 Å². The standard InChI is InChI=1S/C12H13BrN2O2S/c1-8(12-15-14-9(2)17-12)18(16)7-10-4-3-5-11(13)6-10/h3-6,8H,7H2,1-2H3/t8-,18+/m1/s1. The van der Waals surface area contributed by atoms with E-state index < -0.39 is 10.8 Å². The molecule has 1 heterocycles. The Morgan fingerprint density at radius 2 is 2.22 bits per heavy atom. The molecule has 4 nitrogen and oxygen atoms in total. The average Bonchev–Trinajstić information content (AvgIpc) is 2.75. The molecule has 2 rings (SSSR count). The van der Waals surface area contributed by atoms with Crippen molar-refractivity contribution in [3.63, 3.8) is 0 Å². The van der Waals surface area contributed by atoms with Gasteiger partial charge in [0.1, 0.15) is 5.25 Å². The summed E-state index contributed by atoms with van der Waals surface area (Å²) >= 11 is 3.40. The molecule has 0 aliphatic heterocycles. The van der Waals surface area contributed by atoms with Crippen LogP contribution in [0.4, 0.5) is 0 Å². The zero-order chi connectivity index (χ0) is 13.1. The molecular weight excluding hydrogens is 316 g/mol. The number of benzene rings is 1. The molecule has 0 unspecified atom stereocenters. The Bertz CT molecular complexity index is 571. The third-order valence-corrected chi connectivity index (χ3v) is 4.58. The number of hydrogen-bond donors (Lipinski definition) is 0. The maximum absolute atomic E-state index is 12.2. The van der Waals surface area contributed by atoms with E-state index in [9.17, 15) is 4.21 Å². The average molecular weight is 329 g/mol. The van der Waals surface area contributed by atoms with Gasteiger partial charge in [0.15, 0.2) is 0 Å².